The average Bonchev–Trinajstić information content (AvgIpc) is 3.57. The second-order valence-corrected chi connectivity index (χ2v) is 15.3. The van der Waals surface area contributed by atoms with Gasteiger partial charge in [-0.15, -0.1) is 0 Å². The number of ketones is 1. The first-order valence-corrected chi connectivity index (χ1v) is 16.3. The summed E-state index contributed by atoms with van der Waals surface area (Å²) in [6, 6.07) is 0. The van der Waals surface area contributed by atoms with E-state index in [1.807, 2.05) is 16.8 Å². The third-order valence-corrected chi connectivity index (χ3v) is 12.7. The van der Waals surface area contributed by atoms with Crippen LogP contribution in [-0.4, -0.2) is 66.0 Å². The molecule has 0 spiro atoms. The highest BCUT2D eigenvalue weighted by molar-refractivity contribution is 5.95. The minimum atomic E-state index is -1.15. The molecule has 10 unspecified atom stereocenters. The molecule has 0 aromatic carbocycles. The summed E-state index contributed by atoms with van der Waals surface area (Å²) < 4.78 is 2.04. The van der Waals surface area contributed by atoms with Gasteiger partial charge in [0, 0.05) is 36.7 Å². The van der Waals surface area contributed by atoms with Gasteiger partial charge in [-0.25, -0.2) is 4.98 Å². The zero-order chi connectivity index (χ0) is 31.4. The summed E-state index contributed by atoms with van der Waals surface area (Å²) in [5, 5.41) is 45.2. The maximum Gasteiger partial charge on any atom is 0.159 e. The Morgan fingerprint density at radius 1 is 1.19 bits per heavy atom. The summed E-state index contributed by atoms with van der Waals surface area (Å²) in [4.78, 5) is 28.9. The van der Waals surface area contributed by atoms with E-state index in [0.717, 1.165) is 49.7 Å². The molecule has 43 heavy (non-hydrogen) atoms. The van der Waals surface area contributed by atoms with E-state index < -0.39 is 34.7 Å². The minimum absolute atomic E-state index is 0.0245. The summed E-state index contributed by atoms with van der Waals surface area (Å²) in [7, 11) is 0. The molecule has 3 fully saturated rings. The topological polar surface area (TPSA) is 133 Å². The van der Waals surface area contributed by atoms with Crippen LogP contribution in [0, 0.1) is 39.9 Å². The van der Waals surface area contributed by atoms with E-state index in [2.05, 4.69) is 39.6 Å². The van der Waals surface area contributed by atoms with Crippen molar-refractivity contribution in [3.63, 3.8) is 0 Å². The predicted molar refractivity (Wildman–Crippen MR) is 164 cm³/mol. The Labute approximate surface area is 256 Å². The number of imidazole rings is 1. The van der Waals surface area contributed by atoms with E-state index in [9.17, 15) is 30.0 Å². The Morgan fingerprint density at radius 2 is 1.93 bits per heavy atom. The SMILES string of the molecule is CC(C(O)CC(=CCC=O)C(C)(C)CCn1ccnc1)C1CCC2(O)C3=CC(=O)C4CC(O)C(O)CC4(C)C3CCC12C. The molecule has 4 aliphatic carbocycles. The Kier molecular flexibility index (Phi) is 8.75. The lowest BCUT2D eigenvalue weighted by Crippen LogP contribution is -2.61. The molecule has 238 valence electrons. The highest BCUT2D eigenvalue weighted by Crippen LogP contribution is 2.68. The molecule has 8 nitrogen and oxygen atoms in total. The number of aryl methyl sites for hydroxylation is 1. The normalized spacial score (nSPS) is 39.4. The predicted octanol–water partition coefficient (Wildman–Crippen LogP) is 4.41. The van der Waals surface area contributed by atoms with Crippen molar-refractivity contribution in [3.8, 4) is 0 Å². The monoisotopic (exact) mass is 596 g/mol. The van der Waals surface area contributed by atoms with Crippen LogP contribution in [-0.2, 0) is 16.1 Å². The lowest BCUT2D eigenvalue weighted by Gasteiger charge is -2.60. The summed E-state index contributed by atoms with van der Waals surface area (Å²) in [5.41, 5.74) is -0.511. The van der Waals surface area contributed by atoms with Crippen LogP contribution in [0.4, 0.5) is 0 Å². The van der Waals surface area contributed by atoms with Gasteiger partial charge >= 0.3 is 0 Å². The summed E-state index contributed by atoms with van der Waals surface area (Å²) in [5.74, 6) is -0.468. The molecule has 0 aliphatic heterocycles. The molecule has 8 heteroatoms. The third kappa shape index (κ3) is 5.40. The Morgan fingerprint density at radius 3 is 2.60 bits per heavy atom. The van der Waals surface area contributed by atoms with E-state index >= 15 is 0 Å². The molecular weight excluding hydrogens is 544 g/mol. The molecule has 3 saturated carbocycles. The number of fused-ring (bicyclic) bond motifs is 5. The van der Waals surface area contributed by atoms with Crippen molar-refractivity contribution in [2.75, 3.05) is 0 Å². The van der Waals surface area contributed by atoms with Crippen molar-refractivity contribution in [1.82, 2.24) is 9.55 Å². The van der Waals surface area contributed by atoms with Crippen LogP contribution in [0.3, 0.4) is 0 Å². The fourth-order valence-corrected chi connectivity index (χ4v) is 9.75. The van der Waals surface area contributed by atoms with E-state index in [1.54, 1.807) is 18.6 Å². The first-order valence-electron chi connectivity index (χ1n) is 16.3. The molecule has 5 rings (SSSR count). The van der Waals surface area contributed by atoms with Crippen LogP contribution >= 0.6 is 0 Å². The summed E-state index contributed by atoms with van der Waals surface area (Å²) >= 11 is 0. The van der Waals surface area contributed by atoms with Crippen LogP contribution in [0.15, 0.2) is 42.0 Å². The molecule has 1 aromatic rings. The number of aldehydes is 1. The Balaban J connectivity index is 1.36. The van der Waals surface area contributed by atoms with Gasteiger partial charge in [-0.3, -0.25) is 4.79 Å². The van der Waals surface area contributed by atoms with Gasteiger partial charge in [0.15, 0.2) is 5.78 Å². The molecule has 1 heterocycles. The van der Waals surface area contributed by atoms with E-state index in [-0.39, 0.29) is 41.3 Å². The van der Waals surface area contributed by atoms with Crippen molar-refractivity contribution < 1.29 is 30.0 Å². The van der Waals surface area contributed by atoms with Gasteiger partial charge in [-0.05, 0) is 91.6 Å². The van der Waals surface area contributed by atoms with Crippen LogP contribution in [0.1, 0.15) is 92.4 Å². The fraction of sp³-hybridized carbons (Fsp3) is 0.743. The maximum absolute atomic E-state index is 13.5. The molecule has 0 saturated heterocycles. The highest BCUT2D eigenvalue weighted by atomic mass is 16.3. The standard InChI is InChI=1S/C35H52N2O6/c1-22(28(39)17-23(7-6-16-38)32(2,3)12-14-37-15-13-36-21-37)24-9-11-35(43)26-18-29(40)27-19-30(41)31(42)20-33(27,4)25(26)8-10-34(24,35)5/h7,13,15-16,18,21-22,24-25,27-28,30-31,39,41-43H,6,8-12,14,17,19-20H2,1-5H3. The fourth-order valence-electron chi connectivity index (χ4n) is 9.75. The second-order valence-electron chi connectivity index (χ2n) is 15.3. The van der Waals surface area contributed by atoms with Crippen molar-refractivity contribution >= 4 is 12.1 Å². The van der Waals surface area contributed by atoms with Crippen molar-refractivity contribution in [2.24, 2.45) is 39.9 Å². The number of aromatic nitrogens is 2. The number of rotatable bonds is 10. The van der Waals surface area contributed by atoms with E-state index in [0.29, 0.717) is 25.7 Å². The quantitative estimate of drug-likeness (QED) is 0.232. The van der Waals surface area contributed by atoms with Crippen LogP contribution in [0.5, 0.6) is 0 Å². The van der Waals surface area contributed by atoms with Crippen molar-refractivity contribution in [1.29, 1.82) is 0 Å². The molecule has 4 N–H and O–H groups in total. The first kappa shape index (κ1) is 32.3. The molecule has 10 atom stereocenters. The zero-order valence-corrected chi connectivity index (χ0v) is 26.6. The number of nitrogens with zero attached hydrogens (tertiary/aromatic N) is 2. The molecular formula is C35H52N2O6. The summed E-state index contributed by atoms with van der Waals surface area (Å²) in [6.07, 6.45) is 12.7. The molecule has 0 amide bonds. The van der Waals surface area contributed by atoms with Gasteiger partial charge in [0.2, 0.25) is 0 Å². The first-order chi connectivity index (χ1) is 20.2. The molecule has 0 radical (unpaired) electrons. The third-order valence-electron chi connectivity index (χ3n) is 12.7. The molecule has 1 aromatic heterocycles. The van der Waals surface area contributed by atoms with E-state index in [1.165, 1.54) is 0 Å². The van der Waals surface area contributed by atoms with Gasteiger partial charge < -0.3 is 29.8 Å². The van der Waals surface area contributed by atoms with Crippen molar-refractivity contribution in [2.45, 2.75) is 123 Å². The molecule has 4 aliphatic rings. The Bertz CT molecular complexity index is 1250. The number of carbonyl (C=O) groups is 2. The number of aliphatic hydroxyl groups is 4. The number of hydrogen-bond donors (Lipinski definition) is 4. The van der Waals surface area contributed by atoms with E-state index in [4.69, 9.17) is 0 Å². The number of aliphatic hydroxyl groups excluding tert-OH is 3. The minimum Gasteiger partial charge on any atom is -0.393 e. The Hall–Kier alpha value is -2.13. The van der Waals surface area contributed by atoms with Gasteiger partial charge in [-0.2, -0.15) is 0 Å². The second kappa shape index (κ2) is 11.7. The zero-order valence-electron chi connectivity index (χ0n) is 26.6. The lowest BCUT2D eigenvalue weighted by molar-refractivity contribution is -0.154. The van der Waals surface area contributed by atoms with Gasteiger partial charge in [0.1, 0.15) is 6.29 Å². The summed E-state index contributed by atoms with van der Waals surface area (Å²) in [6.45, 7) is 11.4. The van der Waals surface area contributed by atoms with Crippen LogP contribution in [0.2, 0.25) is 0 Å². The smallest absolute Gasteiger partial charge is 0.159 e. The largest absolute Gasteiger partial charge is 0.393 e. The maximum atomic E-state index is 13.5. The number of allylic oxidation sites excluding steroid dienone is 2. The van der Waals surface area contributed by atoms with Crippen molar-refractivity contribution in [3.05, 3.63) is 42.0 Å². The van der Waals surface area contributed by atoms with Gasteiger partial charge in [-0.1, -0.05) is 46.3 Å². The highest BCUT2D eigenvalue weighted by Gasteiger charge is 2.67. The van der Waals surface area contributed by atoms with Gasteiger partial charge in [0.25, 0.3) is 0 Å². The van der Waals surface area contributed by atoms with Crippen LogP contribution < -0.4 is 0 Å². The lowest BCUT2D eigenvalue weighted by atomic mass is 9.46. The van der Waals surface area contributed by atoms with Crippen LogP contribution in [0.25, 0.3) is 0 Å². The molecule has 0 bridgehead atoms. The number of hydrogen-bond acceptors (Lipinski definition) is 7. The van der Waals surface area contributed by atoms with Gasteiger partial charge in [0.05, 0.1) is 30.2 Å². The number of carbonyl (C=O) groups excluding carboxylic acids is 2. The average molecular weight is 597 g/mol.